The van der Waals surface area contributed by atoms with E-state index in [-0.39, 0.29) is 54.0 Å². The van der Waals surface area contributed by atoms with Gasteiger partial charge in [-0.3, -0.25) is 29.0 Å². The van der Waals surface area contributed by atoms with E-state index in [9.17, 15) is 19.2 Å². The second-order valence-electron chi connectivity index (χ2n) is 8.67. The van der Waals surface area contributed by atoms with Gasteiger partial charge in [0.1, 0.15) is 0 Å². The minimum atomic E-state index is -0.319. The summed E-state index contributed by atoms with van der Waals surface area (Å²) in [6, 6.07) is 0. The number of imide groups is 2. The number of hydrogen-bond acceptors (Lipinski definition) is 4. The van der Waals surface area contributed by atoms with E-state index in [1.165, 1.54) is 34.1 Å². The van der Waals surface area contributed by atoms with Crippen molar-refractivity contribution < 1.29 is 19.2 Å². The lowest BCUT2D eigenvalue weighted by molar-refractivity contribution is -0.139. The van der Waals surface area contributed by atoms with Crippen molar-refractivity contribution in [3.63, 3.8) is 0 Å². The average molecular weight is 358 g/mol. The van der Waals surface area contributed by atoms with E-state index in [2.05, 4.69) is 20.8 Å². The summed E-state index contributed by atoms with van der Waals surface area (Å²) in [6.45, 7) is 7.17. The largest absolute Gasteiger partial charge is 0.275 e. The number of amides is 4. The summed E-state index contributed by atoms with van der Waals surface area (Å²) in [6.07, 6.45) is 8.17. The van der Waals surface area contributed by atoms with Crippen LogP contribution in [0.1, 0.15) is 40.0 Å². The molecule has 0 saturated heterocycles. The van der Waals surface area contributed by atoms with Gasteiger partial charge < -0.3 is 0 Å². The van der Waals surface area contributed by atoms with Gasteiger partial charge in [0.05, 0.1) is 0 Å². The zero-order valence-electron chi connectivity index (χ0n) is 15.6. The van der Waals surface area contributed by atoms with Crippen LogP contribution in [0, 0.1) is 23.2 Å². The van der Waals surface area contributed by atoms with Crippen LogP contribution in [-0.2, 0) is 19.2 Å². The van der Waals surface area contributed by atoms with Crippen LogP contribution in [0.3, 0.4) is 0 Å². The molecule has 2 atom stereocenters. The Kier molecular flexibility index (Phi) is 4.86. The molecular weight excluding hydrogens is 332 g/mol. The van der Waals surface area contributed by atoms with Crippen LogP contribution < -0.4 is 0 Å². The molecular formula is C20H26N2O4. The van der Waals surface area contributed by atoms with Crippen LogP contribution in [0.5, 0.6) is 0 Å². The van der Waals surface area contributed by atoms with Gasteiger partial charge in [-0.1, -0.05) is 20.8 Å². The molecule has 2 heterocycles. The molecule has 26 heavy (non-hydrogen) atoms. The van der Waals surface area contributed by atoms with Gasteiger partial charge in [-0.25, -0.2) is 0 Å². The van der Waals surface area contributed by atoms with Crippen LogP contribution in [0.4, 0.5) is 0 Å². The molecule has 0 radical (unpaired) electrons. The zero-order chi connectivity index (χ0) is 19.1. The Hall–Kier alpha value is -2.24. The number of hydrogen-bond donors (Lipinski definition) is 0. The third kappa shape index (κ3) is 3.79. The summed E-state index contributed by atoms with van der Waals surface area (Å²) >= 11 is 0. The van der Waals surface area contributed by atoms with Crippen LogP contribution in [-0.4, -0.2) is 46.5 Å². The fourth-order valence-electron chi connectivity index (χ4n) is 4.83. The van der Waals surface area contributed by atoms with Crippen molar-refractivity contribution in [3.05, 3.63) is 24.3 Å². The Bertz CT molecular complexity index is 627. The third-order valence-corrected chi connectivity index (χ3v) is 5.72. The highest BCUT2D eigenvalue weighted by atomic mass is 16.2. The number of carbonyl (C=O) groups is 4. The van der Waals surface area contributed by atoms with Crippen molar-refractivity contribution in [2.45, 2.75) is 40.0 Å². The molecule has 0 aromatic rings. The van der Waals surface area contributed by atoms with Crippen molar-refractivity contribution in [1.82, 2.24) is 9.80 Å². The van der Waals surface area contributed by atoms with Crippen LogP contribution in [0.15, 0.2) is 24.3 Å². The van der Waals surface area contributed by atoms with Crippen LogP contribution in [0.2, 0.25) is 0 Å². The highest BCUT2D eigenvalue weighted by Crippen LogP contribution is 2.45. The van der Waals surface area contributed by atoms with Crippen molar-refractivity contribution in [3.8, 4) is 0 Å². The minimum Gasteiger partial charge on any atom is -0.275 e. The Morgan fingerprint density at radius 3 is 1.69 bits per heavy atom. The van der Waals surface area contributed by atoms with E-state index < -0.39 is 0 Å². The summed E-state index contributed by atoms with van der Waals surface area (Å²) in [5, 5.41) is 0. The second-order valence-corrected chi connectivity index (χ2v) is 8.67. The molecule has 0 aromatic heterocycles. The highest BCUT2D eigenvalue weighted by Gasteiger charge is 2.40. The molecule has 140 valence electrons. The Balaban J connectivity index is 1.81. The van der Waals surface area contributed by atoms with Crippen LogP contribution >= 0.6 is 0 Å². The van der Waals surface area contributed by atoms with E-state index in [0.717, 1.165) is 19.3 Å². The molecule has 0 N–H and O–H groups in total. The third-order valence-electron chi connectivity index (χ3n) is 5.72. The van der Waals surface area contributed by atoms with E-state index in [4.69, 9.17) is 0 Å². The van der Waals surface area contributed by atoms with Crippen molar-refractivity contribution >= 4 is 23.6 Å². The van der Waals surface area contributed by atoms with Gasteiger partial charge >= 0.3 is 0 Å². The van der Waals surface area contributed by atoms with Crippen molar-refractivity contribution in [2.24, 2.45) is 23.2 Å². The Morgan fingerprint density at radius 2 is 1.31 bits per heavy atom. The number of nitrogens with zero attached hydrogens (tertiary/aromatic N) is 2. The van der Waals surface area contributed by atoms with Gasteiger partial charge in [-0.15, -0.1) is 0 Å². The van der Waals surface area contributed by atoms with Crippen molar-refractivity contribution in [2.75, 3.05) is 13.1 Å². The van der Waals surface area contributed by atoms with E-state index in [1.807, 2.05) is 0 Å². The average Bonchev–Trinajstić information content (AvgIpc) is 3.01. The maximum Gasteiger partial charge on any atom is 0.253 e. The molecule has 0 bridgehead atoms. The fraction of sp³-hybridized carbons (Fsp3) is 0.600. The first kappa shape index (κ1) is 18.5. The standard InChI is InChI=1S/C20H26N2O4/c1-13-8-14(10-20(2,3)9-13)15(11-21-16(23)4-5-17(21)24)12-22-18(25)6-7-19(22)26/h4-7,13-15H,8-12H2,1-3H3. The van der Waals surface area contributed by atoms with E-state index in [0.29, 0.717) is 5.92 Å². The van der Waals surface area contributed by atoms with E-state index >= 15 is 0 Å². The predicted molar refractivity (Wildman–Crippen MR) is 95.5 cm³/mol. The molecule has 6 heteroatoms. The number of carbonyl (C=O) groups excluding carboxylic acids is 4. The van der Waals surface area contributed by atoms with Gasteiger partial charge in [0, 0.05) is 37.4 Å². The minimum absolute atomic E-state index is 0.113. The SMILES string of the molecule is CC1CC(C(CN2C(=O)C=CC2=O)CN2C(=O)C=CC2=O)CC(C)(C)C1. The predicted octanol–water partition coefficient (Wildman–Crippen LogP) is 1.91. The molecule has 6 nitrogen and oxygen atoms in total. The first-order valence-electron chi connectivity index (χ1n) is 9.23. The zero-order valence-corrected chi connectivity index (χ0v) is 15.6. The summed E-state index contributed by atoms with van der Waals surface area (Å²) in [5.74, 6) is -0.618. The maximum atomic E-state index is 12.0. The quantitative estimate of drug-likeness (QED) is 0.704. The van der Waals surface area contributed by atoms with Gasteiger partial charge in [0.2, 0.25) is 0 Å². The summed E-state index contributed by atoms with van der Waals surface area (Å²) in [5.41, 5.74) is 0.162. The van der Waals surface area contributed by atoms with Gasteiger partial charge in [0.25, 0.3) is 23.6 Å². The molecule has 3 aliphatic rings. The molecule has 0 aromatic carbocycles. The lowest BCUT2D eigenvalue weighted by Gasteiger charge is -2.43. The Labute approximate surface area is 153 Å². The molecule has 0 spiro atoms. The lowest BCUT2D eigenvalue weighted by Crippen LogP contribution is -2.46. The molecule has 3 rings (SSSR count). The number of rotatable bonds is 5. The van der Waals surface area contributed by atoms with Gasteiger partial charge in [-0.05, 0) is 42.4 Å². The molecule has 1 fully saturated rings. The Morgan fingerprint density at radius 1 is 0.885 bits per heavy atom. The first-order valence-corrected chi connectivity index (χ1v) is 9.23. The molecule has 1 aliphatic carbocycles. The normalized spacial score (nSPS) is 28.2. The smallest absolute Gasteiger partial charge is 0.253 e. The summed E-state index contributed by atoms with van der Waals surface area (Å²) in [4.78, 5) is 50.5. The molecule has 4 amide bonds. The van der Waals surface area contributed by atoms with Gasteiger partial charge in [-0.2, -0.15) is 0 Å². The topological polar surface area (TPSA) is 74.8 Å². The van der Waals surface area contributed by atoms with Gasteiger partial charge in [0.15, 0.2) is 0 Å². The first-order chi connectivity index (χ1) is 12.2. The lowest BCUT2D eigenvalue weighted by atomic mass is 9.64. The fourth-order valence-corrected chi connectivity index (χ4v) is 4.83. The monoisotopic (exact) mass is 358 g/mol. The molecule has 2 aliphatic heterocycles. The molecule has 2 unspecified atom stereocenters. The second kappa shape index (κ2) is 6.82. The summed E-state index contributed by atoms with van der Waals surface area (Å²) < 4.78 is 0. The summed E-state index contributed by atoms with van der Waals surface area (Å²) in [7, 11) is 0. The van der Waals surface area contributed by atoms with E-state index in [1.54, 1.807) is 0 Å². The van der Waals surface area contributed by atoms with Crippen molar-refractivity contribution in [1.29, 1.82) is 0 Å². The molecule has 1 saturated carbocycles. The highest BCUT2D eigenvalue weighted by molar-refractivity contribution is 6.13. The van der Waals surface area contributed by atoms with Crippen LogP contribution in [0.25, 0.3) is 0 Å². The maximum absolute atomic E-state index is 12.0.